The van der Waals surface area contributed by atoms with E-state index in [2.05, 4.69) is 0 Å². The maximum atomic E-state index is 12.5. The van der Waals surface area contributed by atoms with Crippen LogP contribution >= 0.6 is 0 Å². The molecule has 4 heteroatoms. The fourth-order valence-electron chi connectivity index (χ4n) is 3.72. The van der Waals surface area contributed by atoms with Gasteiger partial charge in [0.25, 0.3) is 5.91 Å². The van der Waals surface area contributed by atoms with Gasteiger partial charge in [-0.3, -0.25) is 4.79 Å². The van der Waals surface area contributed by atoms with Crippen LogP contribution in [0.4, 0.5) is 0 Å². The summed E-state index contributed by atoms with van der Waals surface area (Å²) in [5.41, 5.74) is 6.89. The maximum absolute atomic E-state index is 12.5. The first kappa shape index (κ1) is 12.0. The van der Waals surface area contributed by atoms with Gasteiger partial charge < -0.3 is 15.1 Å². The highest BCUT2D eigenvalue weighted by Gasteiger charge is 2.43. The summed E-state index contributed by atoms with van der Waals surface area (Å²) in [6.07, 6.45) is 2.25. The van der Waals surface area contributed by atoms with E-state index in [1.807, 2.05) is 35.2 Å². The Bertz CT molecular complexity index is 630. The zero-order valence-electron chi connectivity index (χ0n) is 11.3. The van der Waals surface area contributed by atoms with E-state index in [9.17, 15) is 4.79 Å². The molecule has 2 heterocycles. The number of carbonyl (C=O) groups excluding carboxylic acids is 1. The quantitative estimate of drug-likeness (QED) is 0.864. The number of benzene rings is 1. The van der Waals surface area contributed by atoms with Gasteiger partial charge in [0.1, 0.15) is 5.58 Å². The van der Waals surface area contributed by atoms with Crippen LogP contribution in [0.1, 0.15) is 23.4 Å². The standard InChI is InChI=1S/C16H18N2O2/c17-13-6-5-11-8-18(9-12(11)13)16(19)15-7-10-3-1-2-4-14(10)20-15/h1-4,7,11-13H,5-6,8-9,17H2. The van der Waals surface area contributed by atoms with Crippen molar-refractivity contribution in [2.45, 2.75) is 18.9 Å². The Morgan fingerprint density at radius 2 is 2.10 bits per heavy atom. The summed E-state index contributed by atoms with van der Waals surface area (Å²) in [6.45, 7) is 1.61. The second-order valence-electron chi connectivity index (χ2n) is 6.02. The fourth-order valence-corrected chi connectivity index (χ4v) is 3.72. The normalized spacial score (nSPS) is 29.1. The van der Waals surface area contributed by atoms with Crippen LogP contribution in [0.15, 0.2) is 34.7 Å². The van der Waals surface area contributed by atoms with Crippen molar-refractivity contribution in [1.82, 2.24) is 4.90 Å². The highest BCUT2D eigenvalue weighted by Crippen LogP contribution is 2.37. The van der Waals surface area contributed by atoms with Crippen LogP contribution in [0.3, 0.4) is 0 Å². The van der Waals surface area contributed by atoms with Crippen molar-refractivity contribution in [2.75, 3.05) is 13.1 Å². The lowest BCUT2D eigenvalue weighted by Crippen LogP contribution is -2.33. The molecule has 4 rings (SSSR count). The summed E-state index contributed by atoms with van der Waals surface area (Å²) in [5.74, 6) is 1.50. The largest absolute Gasteiger partial charge is 0.451 e. The Morgan fingerprint density at radius 3 is 2.90 bits per heavy atom. The van der Waals surface area contributed by atoms with Gasteiger partial charge in [-0.05, 0) is 36.8 Å². The molecule has 104 valence electrons. The number of nitrogens with two attached hydrogens (primary N) is 1. The third kappa shape index (κ3) is 1.75. The van der Waals surface area contributed by atoms with Crippen molar-refractivity contribution >= 4 is 16.9 Å². The van der Waals surface area contributed by atoms with Crippen molar-refractivity contribution < 1.29 is 9.21 Å². The molecule has 2 aliphatic rings. The Hall–Kier alpha value is -1.81. The van der Waals surface area contributed by atoms with E-state index >= 15 is 0 Å². The molecular weight excluding hydrogens is 252 g/mol. The van der Waals surface area contributed by atoms with E-state index in [1.165, 1.54) is 0 Å². The number of hydrogen-bond donors (Lipinski definition) is 1. The first-order valence-electron chi connectivity index (χ1n) is 7.26. The molecule has 3 unspecified atom stereocenters. The lowest BCUT2D eigenvalue weighted by molar-refractivity contribution is 0.0750. The first-order valence-corrected chi connectivity index (χ1v) is 7.26. The fraction of sp³-hybridized carbons (Fsp3) is 0.438. The summed E-state index contributed by atoms with van der Waals surface area (Å²) in [7, 11) is 0. The topological polar surface area (TPSA) is 59.5 Å². The predicted molar refractivity (Wildman–Crippen MR) is 76.3 cm³/mol. The number of amides is 1. The number of fused-ring (bicyclic) bond motifs is 2. The first-order chi connectivity index (χ1) is 9.72. The van der Waals surface area contributed by atoms with Crippen LogP contribution in [0.2, 0.25) is 0 Å². The van der Waals surface area contributed by atoms with E-state index in [4.69, 9.17) is 10.2 Å². The minimum absolute atomic E-state index is 0.00259. The van der Waals surface area contributed by atoms with Gasteiger partial charge in [-0.25, -0.2) is 0 Å². The average Bonchev–Trinajstić information content (AvgIpc) is 3.13. The van der Waals surface area contributed by atoms with E-state index in [-0.39, 0.29) is 11.9 Å². The Balaban J connectivity index is 1.58. The summed E-state index contributed by atoms with van der Waals surface area (Å²) in [4.78, 5) is 14.5. The number of nitrogens with zero attached hydrogens (tertiary/aromatic N) is 1. The molecule has 2 fully saturated rings. The van der Waals surface area contributed by atoms with Crippen LogP contribution in [0.25, 0.3) is 11.0 Å². The van der Waals surface area contributed by atoms with Gasteiger partial charge in [-0.2, -0.15) is 0 Å². The minimum atomic E-state index is 0.00259. The van der Waals surface area contributed by atoms with Crippen molar-refractivity contribution in [3.05, 3.63) is 36.1 Å². The molecular formula is C16H18N2O2. The molecule has 1 aliphatic carbocycles. The molecule has 0 radical (unpaired) electrons. The molecule has 2 N–H and O–H groups in total. The van der Waals surface area contributed by atoms with Crippen LogP contribution in [-0.4, -0.2) is 29.9 Å². The highest BCUT2D eigenvalue weighted by molar-refractivity contribution is 5.96. The third-order valence-electron chi connectivity index (χ3n) is 4.84. The van der Waals surface area contributed by atoms with E-state index in [0.717, 1.165) is 36.9 Å². The molecule has 1 aliphatic heterocycles. The number of para-hydroxylation sites is 1. The molecule has 1 aromatic heterocycles. The lowest BCUT2D eigenvalue weighted by atomic mass is 9.98. The van der Waals surface area contributed by atoms with Crippen LogP contribution in [0, 0.1) is 11.8 Å². The average molecular weight is 270 g/mol. The van der Waals surface area contributed by atoms with Gasteiger partial charge in [-0.15, -0.1) is 0 Å². The molecule has 1 saturated carbocycles. The summed E-state index contributed by atoms with van der Waals surface area (Å²) in [6, 6.07) is 9.81. The molecule has 1 saturated heterocycles. The smallest absolute Gasteiger partial charge is 0.289 e. The number of likely N-dealkylation sites (tertiary alicyclic amines) is 1. The van der Waals surface area contributed by atoms with Crippen LogP contribution < -0.4 is 5.73 Å². The lowest BCUT2D eigenvalue weighted by Gasteiger charge is -2.17. The Kier molecular flexibility index (Phi) is 2.60. The third-order valence-corrected chi connectivity index (χ3v) is 4.84. The molecule has 4 nitrogen and oxygen atoms in total. The Morgan fingerprint density at radius 1 is 1.25 bits per heavy atom. The van der Waals surface area contributed by atoms with Crippen molar-refractivity contribution in [3.63, 3.8) is 0 Å². The van der Waals surface area contributed by atoms with Gasteiger partial charge in [-0.1, -0.05) is 18.2 Å². The Labute approximate surface area is 117 Å². The monoisotopic (exact) mass is 270 g/mol. The highest BCUT2D eigenvalue weighted by atomic mass is 16.3. The zero-order chi connectivity index (χ0) is 13.7. The second-order valence-corrected chi connectivity index (χ2v) is 6.02. The molecule has 0 spiro atoms. The maximum Gasteiger partial charge on any atom is 0.289 e. The second kappa shape index (κ2) is 4.35. The summed E-state index contributed by atoms with van der Waals surface area (Å²) in [5, 5.41) is 0.979. The molecule has 20 heavy (non-hydrogen) atoms. The summed E-state index contributed by atoms with van der Waals surface area (Å²) >= 11 is 0. The van der Waals surface area contributed by atoms with Gasteiger partial charge in [0.05, 0.1) is 0 Å². The SMILES string of the molecule is NC1CCC2CN(C(=O)c3cc4ccccc4o3)CC12. The zero-order valence-corrected chi connectivity index (χ0v) is 11.3. The molecule has 1 amide bonds. The van der Waals surface area contributed by atoms with Gasteiger partial charge >= 0.3 is 0 Å². The van der Waals surface area contributed by atoms with E-state index < -0.39 is 0 Å². The number of hydrogen-bond acceptors (Lipinski definition) is 3. The molecule has 3 atom stereocenters. The summed E-state index contributed by atoms with van der Waals surface area (Å²) < 4.78 is 5.67. The number of rotatable bonds is 1. The van der Waals surface area contributed by atoms with Gasteiger partial charge in [0, 0.05) is 24.5 Å². The van der Waals surface area contributed by atoms with Crippen LogP contribution in [0.5, 0.6) is 0 Å². The molecule has 0 bridgehead atoms. The van der Waals surface area contributed by atoms with Gasteiger partial charge in [0.15, 0.2) is 5.76 Å². The number of carbonyl (C=O) groups is 1. The van der Waals surface area contributed by atoms with Crippen molar-refractivity contribution in [2.24, 2.45) is 17.6 Å². The van der Waals surface area contributed by atoms with E-state index in [1.54, 1.807) is 0 Å². The number of furan rings is 1. The molecule has 2 aromatic rings. The predicted octanol–water partition coefficient (Wildman–Crippen LogP) is 2.24. The molecule has 1 aromatic carbocycles. The van der Waals surface area contributed by atoms with Gasteiger partial charge in [0.2, 0.25) is 0 Å². The van der Waals surface area contributed by atoms with Crippen molar-refractivity contribution in [1.29, 1.82) is 0 Å². The minimum Gasteiger partial charge on any atom is -0.451 e. The van der Waals surface area contributed by atoms with Crippen LogP contribution in [-0.2, 0) is 0 Å². The van der Waals surface area contributed by atoms with E-state index in [0.29, 0.717) is 17.6 Å². The van der Waals surface area contributed by atoms with Crippen molar-refractivity contribution in [3.8, 4) is 0 Å².